The number of sulfonamides is 1. The van der Waals surface area contributed by atoms with Gasteiger partial charge in [0.2, 0.25) is 10.0 Å². The van der Waals surface area contributed by atoms with Crippen molar-refractivity contribution in [1.29, 1.82) is 0 Å². The van der Waals surface area contributed by atoms with Crippen LogP contribution < -0.4 is 4.72 Å². The maximum Gasteiger partial charge on any atom is 0.211 e. The van der Waals surface area contributed by atoms with Crippen LogP contribution in [0.15, 0.2) is 71.4 Å². The Balaban J connectivity index is 1.43. The van der Waals surface area contributed by atoms with Crippen LogP contribution in [0.1, 0.15) is 28.3 Å². The van der Waals surface area contributed by atoms with Crippen molar-refractivity contribution in [2.75, 3.05) is 18.8 Å². The van der Waals surface area contributed by atoms with Crippen LogP contribution in [0.3, 0.4) is 0 Å². The van der Waals surface area contributed by atoms with E-state index in [0.717, 1.165) is 25.1 Å². The van der Waals surface area contributed by atoms with E-state index in [-0.39, 0.29) is 11.8 Å². The number of benzene rings is 2. The van der Waals surface area contributed by atoms with Crippen LogP contribution in [0.5, 0.6) is 0 Å². The molecule has 6 heteroatoms. The molecule has 152 valence electrons. The Morgan fingerprint density at radius 3 is 2.52 bits per heavy atom. The van der Waals surface area contributed by atoms with E-state index in [1.807, 2.05) is 30.3 Å². The molecule has 0 bridgehead atoms. The predicted octanol–water partition coefficient (Wildman–Crippen LogP) is 4.01. The molecule has 2 heterocycles. The molecule has 1 N–H and O–H groups in total. The molecule has 2 aromatic carbocycles. The average molecular weight is 427 g/mol. The summed E-state index contributed by atoms with van der Waals surface area (Å²) in [5.41, 5.74) is 4.96. The summed E-state index contributed by atoms with van der Waals surface area (Å²) in [5.74, 6) is 0.107. The highest BCUT2D eigenvalue weighted by atomic mass is 32.2. The van der Waals surface area contributed by atoms with Crippen LogP contribution in [0.2, 0.25) is 0 Å². The minimum atomic E-state index is -3.34. The second-order valence-electron chi connectivity index (χ2n) is 7.46. The molecule has 4 nitrogen and oxygen atoms in total. The number of nitrogens with zero attached hydrogens (tertiary/aromatic N) is 1. The van der Waals surface area contributed by atoms with Crippen molar-refractivity contribution < 1.29 is 8.42 Å². The van der Waals surface area contributed by atoms with Gasteiger partial charge < -0.3 is 0 Å². The van der Waals surface area contributed by atoms with Crippen molar-refractivity contribution in [2.24, 2.45) is 0 Å². The number of rotatable bonds is 8. The fraction of sp³-hybridized carbons (Fsp3) is 0.304. The lowest BCUT2D eigenvalue weighted by molar-refractivity contribution is 0.181. The third-order valence-corrected chi connectivity index (χ3v) is 7.58. The number of aryl methyl sites for hydroxylation is 1. The average Bonchev–Trinajstić information content (AvgIpc) is 3.28. The third kappa shape index (κ3) is 5.34. The molecule has 4 rings (SSSR count). The van der Waals surface area contributed by atoms with Crippen LogP contribution in [0.4, 0.5) is 0 Å². The van der Waals surface area contributed by atoms with Crippen LogP contribution in [-0.4, -0.2) is 32.2 Å². The Morgan fingerprint density at radius 2 is 1.76 bits per heavy atom. The van der Waals surface area contributed by atoms with Gasteiger partial charge >= 0.3 is 0 Å². The summed E-state index contributed by atoms with van der Waals surface area (Å²) in [6.45, 7) is 2.18. The second kappa shape index (κ2) is 9.22. The van der Waals surface area contributed by atoms with E-state index in [9.17, 15) is 8.42 Å². The SMILES string of the molecule is O=S(=O)(CCc1ccccc1)NC[C@@H](c1ccsc1)N1CCc2ccccc2C1. The van der Waals surface area contributed by atoms with Crippen LogP contribution >= 0.6 is 11.3 Å². The van der Waals surface area contributed by atoms with Gasteiger partial charge in [0.1, 0.15) is 0 Å². The smallest absolute Gasteiger partial charge is 0.211 e. The van der Waals surface area contributed by atoms with Gasteiger partial charge in [-0.15, -0.1) is 0 Å². The van der Waals surface area contributed by atoms with E-state index in [4.69, 9.17) is 0 Å². The number of thiophene rings is 1. The molecule has 0 saturated carbocycles. The van der Waals surface area contributed by atoms with Gasteiger partial charge in [0.25, 0.3) is 0 Å². The van der Waals surface area contributed by atoms with Gasteiger partial charge in [-0.25, -0.2) is 13.1 Å². The summed E-state index contributed by atoms with van der Waals surface area (Å²) in [4.78, 5) is 2.39. The van der Waals surface area contributed by atoms with Crippen molar-refractivity contribution in [3.63, 3.8) is 0 Å². The van der Waals surface area contributed by atoms with E-state index >= 15 is 0 Å². The van der Waals surface area contributed by atoms with Crippen molar-refractivity contribution in [3.05, 3.63) is 93.7 Å². The zero-order valence-corrected chi connectivity index (χ0v) is 18.0. The largest absolute Gasteiger partial charge is 0.290 e. The molecule has 0 saturated heterocycles. The highest BCUT2D eigenvalue weighted by molar-refractivity contribution is 7.89. The van der Waals surface area contributed by atoms with Crippen molar-refractivity contribution in [2.45, 2.75) is 25.4 Å². The molecule has 1 atom stereocenters. The lowest BCUT2D eigenvalue weighted by Gasteiger charge is -2.35. The highest BCUT2D eigenvalue weighted by Gasteiger charge is 2.26. The molecule has 0 spiro atoms. The molecular weight excluding hydrogens is 400 g/mol. The summed E-state index contributed by atoms with van der Waals surface area (Å²) >= 11 is 1.65. The Kier molecular flexibility index (Phi) is 6.45. The first kappa shape index (κ1) is 20.3. The van der Waals surface area contributed by atoms with Gasteiger partial charge in [-0.1, -0.05) is 54.6 Å². The molecule has 3 aromatic rings. The topological polar surface area (TPSA) is 49.4 Å². The molecular formula is C23H26N2O2S2. The lowest BCUT2D eigenvalue weighted by atomic mass is 9.97. The van der Waals surface area contributed by atoms with E-state index < -0.39 is 10.0 Å². The third-order valence-electron chi connectivity index (χ3n) is 5.53. The van der Waals surface area contributed by atoms with Gasteiger partial charge in [-0.3, -0.25) is 4.90 Å². The fourth-order valence-corrected chi connectivity index (χ4v) is 5.65. The van der Waals surface area contributed by atoms with Crippen molar-refractivity contribution >= 4 is 21.4 Å². The zero-order valence-electron chi connectivity index (χ0n) is 16.3. The summed E-state index contributed by atoms with van der Waals surface area (Å²) in [5, 5.41) is 4.19. The normalized spacial score (nSPS) is 15.7. The van der Waals surface area contributed by atoms with Gasteiger partial charge in [-0.2, -0.15) is 11.3 Å². The van der Waals surface area contributed by atoms with E-state index in [0.29, 0.717) is 13.0 Å². The molecule has 0 aliphatic carbocycles. The lowest BCUT2D eigenvalue weighted by Crippen LogP contribution is -2.41. The molecule has 0 fully saturated rings. The number of nitrogens with one attached hydrogen (secondary N) is 1. The van der Waals surface area contributed by atoms with Gasteiger partial charge in [0, 0.05) is 25.7 Å². The first-order valence-corrected chi connectivity index (χ1v) is 12.5. The number of hydrogen-bond donors (Lipinski definition) is 1. The summed E-state index contributed by atoms with van der Waals surface area (Å²) < 4.78 is 28.1. The summed E-state index contributed by atoms with van der Waals surface area (Å²) in [7, 11) is -3.34. The Bertz CT molecular complexity index is 1020. The highest BCUT2D eigenvalue weighted by Crippen LogP contribution is 2.29. The molecule has 29 heavy (non-hydrogen) atoms. The minimum absolute atomic E-state index is 0.0427. The predicted molar refractivity (Wildman–Crippen MR) is 120 cm³/mol. The van der Waals surface area contributed by atoms with Gasteiger partial charge in [0.05, 0.1) is 5.75 Å². The Labute approximate surface area is 177 Å². The maximum absolute atomic E-state index is 12.6. The second-order valence-corrected chi connectivity index (χ2v) is 10.2. The Morgan fingerprint density at radius 1 is 1.00 bits per heavy atom. The van der Waals surface area contributed by atoms with Gasteiger partial charge in [-0.05, 0) is 51.9 Å². The summed E-state index contributed by atoms with van der Waals surface area (Å²) in [6, 6.07) is 20.4. The first-order chi connectivity index (χ1) is 14.1. The van der Waals surface area contributed by atoms with Crippen molar-refractivity contribution in [1.82, 2.24) is 9.62 Å². The molecule has 0 radical (unpaired) electrons. The monoisotopic (exact) mass is 426 g/mol. The van der Waals surface area contributed by atoms with E-state index in [1.165, 1.54) is 16.7 Å². The minimum Gasteiger partial charge on any atom is -0.290 e. The molecule has 1 aliphatic heterocycles. The molecule has 1 aromatic heterocycles. The Hall–Kier alpha value is -1.99. The maximum atomic E-state index is 12.6. The van der Waals surface area contributed by atoms with Crippen molar-refractivity contribution in [3.8, 4) is 0 Å². The molecule has 0 amide bonds. The number of hydrogen-bond acceptors (Lipinski definition) is 4. The standard InChI is InChI=1S/C23H26N2O2S2/c26-29(27,15-12-19-6-2-1-3-7-19)24-16-23(22-11-14-28-18-22)25-13-10-20-8-4-5-9-21(20)17-25/h1-9,11,14,18,23-24H,10,12-13,15-17H2/t23-/m0/s1. The molecule has 0 unspecified atom stereocenters. The van der Waals surface area contributed by atoms with E-state index in [2.05, 4.69) is 50.7 Å². The zero-order chi connectivity index (χ0) is 20.1. The summed E-state index contributed by atoms with van der Waals surface area (Å²) in [6.07, 6.45) is 1.52. The number of fused-ring (bicyclic) bond motifs is 1. The van der Waals surface area contributed by atoms with Crippen LogP contribution in [0.25, 0.3) is 0 Å². The fourth-order valence-electron chi connectivity index (χ4n) is 3.88. The first-order valence-electron chi connectivity index (χ1n) is 9.95. The van der Waals surface area contributed by atoms with Crippen LogP contribution in [-0.2, 0) is 29.4 Å². The quantitative estimate of drug-likeness (QED) is 0.592. The van der Waals surface area contributed by atoms with E-state index in [1.54, 1.807) is 11.3 Å². The van der Waals surface area contributed by atoms with Crippen LogP contribution in [0, 0.1) is 0 Å². The van der Waals surface area contributed by atoms with Gasteiger partial charge in [0.15, 0.2) is 0 Å². The molecule has 1 aliphatic rings.